The van der Waals surface area contributed by atoms with Gasteiger partial charge in [-0.2, -0.15) is 0 Å². The molecule has 1 amide bonds. The first-order valence-electron chi connectivity index (χ1n) is 7.70. The highest BCUT2D eigenvalue weighted by Crippen LogP contribution is 2.24. The minimum atomic E-state index is 0.0232. The third-order valence-corrected chi connectivity index (χ3v) is 3.32. The van der Waals surface area contributed by atoms with Gasteiger partial charge in [0, 0.05) is 31.5 Å². The van der Waals surface area contributed by atoms with Crippen molar-refractivity contribution in [2.24, 2.45) is 0 Å². The number of carbonyl (C=O) groups is 1. The molecule has 1 aromatic heterocycles. The maximum Gasteiger partial charge on any atom is 0.220 e. The Morgan fingerprint density at radius 2 is 2.00 bits per heavy atom. The number of carbonyl (C=O) groups excluding carboxylic acids is 1. The first kappa shape index (κ1) is 16.2. The fourth-order valence-corrected chi connectivity index (χ4v) is 2.19. The highest BCUT2D eigenvalue weighted by Gasteiger charge is 2.12. The number of nitrogens with one attached hydrogen (secondary N) is 2. The summed E-state index contributed by atoms with van der Waals surface area (Å²) in [6.07, 6.45) is 0.904. The minimum absolute atomic E-state index is 0.0232. The van der Waals surface area contributed by atoms with E-state index in [0.717, 1.165) is 30.1 Å². The maximum absolute atomic E-state index is 11.7. The summed E-state index contributed by atoms with van der Waals surface area (Å²) in [7, 11) is 0. The van der Waals surface area contributed by atoms with Crippen molar-refractivity contribution in [2.75, 3.05) is 19.6 Å². The molecule has 1 heterocycles. The van der Waals surface area contributed by atoms with E-state index < -0.39 is 0 Å². The van der Waals surface area contributed by atoms with Crippen LogP contribution in [0.4, 0.5) is 0 Å². The summed E-state index contributed by atoms with van der Waals surface area (Å²) >= 11 is 0. The van der Waals surface area contributed by atoms with E-state index in [0.29, 0.717) is 25.3 Å². The smallest absolute Gasteiger partial charge is 0.220 e. The number of likely N-dealkylation sites (N-methyl/N-ethyl adjacent to an activating group) is 1. The zero-order valence-electron chi connectivity index (χ0n) is 13.2. The van der Waals surface area contributed by atoms with E-state index in [9.17, 15) is 4.79 Å². The van der Waals surface area contributed by atoms with E-state index >= 15 is 0 Å². The van der Waals surface area contributed by atoms with E-state index in [-0.39, 0.29) is 5.91 Å². The summed E-state index contributed by atoms with van der Waals surface area (Å²) in [4.78, 5) is 16.1. The van der Waals surface area contributed by atoms with Crippen LogP contribution in [-0.4, -0.2) is 30.5 Å². The van der Waals surface area contributed by atoms with Crippen molar-refractivity contribution < 1.29 is 9.21 Å². The molecule has 2 N–H and O–H groups in total. The zero-order chi connectivity index (χ0) is 15.8. The van der Waals surface area contributed by atoms with Crippen LogP contribution in [0.1, 0.15) is 24.9 Å². The van der Waals surface area contributed by atoms with E-state index in [4.69, 9.17) is 4.42 Å². The molecule has 0 aliphatic carbocycles. The van der Waals surface area contributed by atoms with Crippen LogP contribution in [0.15, 0.2) is 34.7 Å². The topological polar surface area (TPSA) is 67.2 Å². The number of hydrogen-bond donors (Lipinski definition) is 2. The lowest BCUT2D eigenvalue weighted by Gasteiger charge is -2.04. The molecule has 0 bridgehead atoms. The third kappa shape index (κ3) is 4.70. The summed E-state index contributed by atoms with van der Waals surface area (Å²) in [5, 5.41) is 6.03. The lowest BCUT2D eigenvalue weighted by molar-refractivity contribution is -0.121. The molecule has 2 aromatic rings. The SMILES string of the molecule is CCNCCNC(=O)CCc1nc(C)c(-c2ccccc2)o1. The monoisotopic (exact) mass is 301 g/mol. The first-order valence-corrected chi connectivity index (χ1v) is 7.70. The van der Waals surface area contributed by atoms with Crippen molar-refractivity contribution in [2.45, 2.75) is 26.7 Å². The molecule has 0 atom stereocenters. The second kappa shape index (κ2) is 8.34. The molecular weight excluding hydrogens is 278 g/mol. The Balaban J connectivity index is 1.85. The number of oxazole rings is 1. The standard InChI is InChI=1S/C17H23N3O2/c1-3-18-11-12-19-15(21)9-10-16-20-13(2)17(22-16)14-7-5-4-6-8-14/h4-8,18H,3,9-12H2,1-2H3,(H,19,21). The molecule has 0 saturated heterocycles. The van der Waals surface area contributed by atoms with Gasteiger partial charge in [-0.25, -0.2) is 4.98 Å². The van der Waals surface area contributed by atoms with Crippen LogP contribution in [0.25, 0.3) is 11.3 Å². The zero-order valence-corrected chi connectivity index (χ0v) is 13.2. The lowest BCUT2D eigenvalue weighted by Crippen LogP contribution is -2.31. The molecule has 0 unspecified atom stereocenters. The van der Waals surface area contributed by atoms with Crippen molar-refractivity contribution >= 4 is 5.91 Å². The third-order valence-electron chi connectivity index (χ3n) is 3.32. The van der Waals surface area contributed by atoms with E-state index in [1.54, 1.807) is 0 Å². The van der Waals surface area contributed by atoms with Crippen LogP contribution in [0, 0.1) is 6.92 Å². The summed E-state index contributed by atoms with van der Waals surface area (Å²) in [5.74, 6) is 1.41. The van der Waals surface area contributed by atoms with Crippen molar-refractivity contribution in [1.29, 1.82) is 0 Å². The molecule has 5 nitrogen and oxygen atoms in total. The molecule has 5 heteroatoms. The highest BCUT2D eigenvalue weighted by atomic mass is 16.4. The average Bonchev–Trinajstić information content (AvgIpc) is 2.91. The number of rotatable bonds is 8. The summed E-state index contributed by atoms with van der Waals surface area (Å²) in [6, 6.07) is 9.88. The quantitative estimate of drug-likeness (QED) is 0.734. The molecule has 22 heavy (non-hydrogen) atoms. The number of amides is 1. The van der Waals surface area contributed by atoms with Gasteiger partial charge in [-0.15, -0.1) is 0 Å². The number of nitrogens with zero attached hydrogens (tertiary/aromatic N) is 1. The fraction of sp³-hybridized carbons (Fsp3) is 0.412. The fourth-order valence-electron chi connectivity index (χ4n) is 2.19. The summed E-state index contributed by atoms with van der Waals surface area (Å²) in [6.45, 7) is 6.31. The van der Waals surface area contributed by atoms with E-state index in [2.05, 4.69) is 15.6 Å². The minimum Gasteiger partial charge on any atom is -0.440 e. The molecule has 1 aromatic carbocycles. The van der Waals surface area contributed by atoms with Gasteiger partial charge in [0.05, 0.1) is 5.69 Å². The summed E-state index contributed by atoms with van der Waals surface area (Å²) in [5.41, 5.74) is 1.86. The van der Waals surface area contributed by atoms with E-state index in [1.807, 2.05) is 44.2 Å². The molecular formula is C17H23N3O2. The Labute approximate surface area is 131 Å². The van der Waals surface area contributed by atoms with Crippen molar-refractivity contribution in [1.82, 2.24) is 15.6 Å². The Kier molecular flexibility index (Phi) is 6.15. The normalized spacial score (nSPS) is 10.6. The Bertz CT molecular complexity index is 593. The van der Waals surface area contributed by atoms with Crippen LogP contribution in [0.3, 0.4) is 0 Å². The number of benzene rings is 1. The molecule has 0 spiro atoms. The van der Waals surface area contributed by atoms with Gasteiger partial charge in [0.1, 0.15) is 0 Å². The van der Waals surface area contributed by atoms with Gasteiger partial charge in [0.25, 0.3) is 0 Å². The molecule has 2 rings (SSSR count). The first-order chi connectivity index (χ1) is 10.7. The van der Waals surface area contributed by atoms with Crippen LogP contribution in [0.2, 0.25) is 0 Å². The van der Waals surface area contributed by atoms with Gasteiger partial charge < -0.3 is 15.1 Å². The second-order valence-electron chi connectivity index (χ2n) is 5.09. The van der Waals surface area contributed by atoms with Crippen LogP contribution >= 0.6 is 0 Å². The van der Waals surface area contributed by atoms with Crippen LogP contribution in [0.5, 0.6) is 0 Å². The number of hydrogen-bond acceptors (Lipinski definition) is 4. The van der Waals surface area contributed by atoms with Crippen LogP contribution < -0.4 is 10.6 Å². The summed E-state index contributed by atoms with van der Waals surface area (Å²) < 4.78 is 5.79. The molecule has 0 aliphatic rings. The number of aromatic nitrogens is 1. The van der Waals surface area contributed by atoms with E-state index in [1.165, 1.54) is 0 Å². The predicted octanol–water partition coefficient (Wildman–Crippen LogP) is 2.31. The highest BCUT2D eigenvalue weighted by molar-refractivity contribution is 5.76. The van der Waals surface area contributed by atoms with Gasteiger partial charge >= 0.3 is 0 Å². The van der Waals surface area contributed by atoms with Crippen molar-refractivity contribution in [3.63, 3.8) is 0 Å². The second-order valence-corrected chi connectivity index (χ2v) is 5.09. The average molecular weight is 301 g/mol. The molecule has 0 radical (unpaired) electrons. The molecule has 0 fully saturated rings. The largest absolute Gasteiger partial charge is 0.440 e. The lowest BCUT2D eigenvalue weighted by atomic mass is 10.1. The number of aryl methyl sites for hydroxylation is 2. The Morgan fingerprint density at radius 1 is 1.23 bits per heavy atom. The van der Waals surface area contributed by atoms with Crippen molar-refractivity contribution in [3.8, 4) is 11.3 Å². The Hall–Kier alpha value is -2.14. The van der Waals surface area contributed by atoms with Gasteiger partial charge in [-0.05, 0) is 13.5 Å². The molecule has 0 saturated carbocycles. The Morgan fingerprint density at radius 3 is 2.73 bits per heavy atom. The molecule has 118 valence electrons. The van der Waals surface area contributed by atoms with Gasteiger partial charge in [-0.3, -0.25) is 4.79 Å². The molecule has 0 aliphatic heterocycles. The van der Waals surface area contributed by atoms with Gasteiger partial charge in [0.2, 0.25) is 5.91 Å². The predicted molar refractivity (Wildman–Crippen MR) is 86.6 cm³/mol. The van der Waals surface area contributed by atoms with Crippen LogP contribution in [-0.2, 0) is 11.2 Å². The van der Waals surface area contributed by atoms with Gasteiger partial charge in [-0.1, -0.05) is 37.3 Å². The van der Waals surface area contributed by atoms with Gasteiger partial charge in [0.15, 0.2) is 11.7 Å². The van der Waals surface area contributed by atoms with Crippen molar-refractivity contribution in [3.05, 3.63) is 41.9 Å². The maximum atomic E-state index is 11.7.